The summed E-state index contributed by atoms with van der Waals surface area (Å²) in [5, 5.41) is 0. The van der Waals surface area contributed by atoms with Gasteiger partial charge in [-0.2, -0.15) is 0 Å². The Morgan fingerprint density at radius 3 is 2.59 bits per heavy atom. The molecule has 0 saturated carbocycles. The first-order chi connectivity index (χ1) is 13.1. The lowest BCUT2D eigenvalue weighted by Crippen LogP contribution is -2.44. The van der Waals surface area contributed by atoms with E-state index in [2.05, 4.69) is 0 Å². The zero-order valence-electron chi connectivity index (χ0n) is 15.5. The molecule has 2 aliphatic rings. The van der Waals surface area contributed by atoms with Crippen LogP contribution in [0.5, 0.6) is 11.5 Å². The Bertz CT molecular complexity index is 896. The molecule has 6 nitrogen and oxygen atoms in total. The first-order valence-corrected chi connectivity index (χ1v) is 9.06. The zero-order valence-corrected chi connectivity index (χ0v) is 15.5. The standard InChI is InChI=1S/C21H22N2O4/c1-26-18-10-9-14(12-19(18)27-2)13-23-16-7-4-3-6-15(16)20(24)22-11-5-8-17(22)21(23)25/h3-4,6-7,9-10,12,17H,5,8,11,13H2,1-2H3/t17-/m0/s1. The SMILES string of the molecule is COc1ccc(CN2C(=O)[C@@H]3CCCN3C(=O)c3ccccc32)cc1OC. The predicted molar refractivity (Wildman–Crippen MR) is 101 cm³/mol. The molecule has 27 heavy (non-hydrogen) atoms. The summed E-state index contributed by atoms with van der Waals surface area (Å²) in [5.74, 6) is 1.17. The van der Waals surface area contributed by atoms with E-state index in [4.69, 9.17) is 9.47 Å². The molecule has 140 valence electrons. The number of methoxy groups -OCH3 is 2. The maximum Gasteiger partial charge on any atom is 0.256 e. The average Bonchev–Trinajstić information content (AvgIpc) is 3.18. The predicted octanol–water partition coefficient (Wildman–Crippen LogP) is 2.86. The van der Waals surface area contributed by atoms with Crippen molar-refractivity contribution in [2.45, 2.75) is 25.4 Å². The van der Waals surface area contributed by atoms with Crippen LogP contribution in [0.25, 0.3) is 0 Å². The number of hydrogen-bond acceptors (Lipinski definition) is 4. The van der Waals surface area contributed by atoms with Crippen LogP contribution in [0.15, 0.2) is 42.5 Å². The van der Waals surface area contributed by atoms with Gasteiger partial charge in [0.25, 0.3) is 5.91 Å². The maximum atomic E-state index is 13.3. The lowest BCUT2D eigenvalue weighted by molar-refractivity contribution is -0.122. The Balaban J connectivity index is 1.75. The molecule has 0 aliphatic carbocycles. The Morgan fingerprint density at radius 2 is 1.81 bits per heavy atom. The van der Waals surface area contributed by atoms with Gasteiger partial charge in [0.1, 0.15) is 6.04 Å². The first-order valence-electron chi connectivity index (χ1n) is 9.06. The summed E-state index contributed by atoms with van der Waals surface area (Å²) in [5.41, 5.74) is 2.15. The molecule has 0 N–H and O–H groups in total. The number of fused-ring (bicyclic) bond motifs is 2. The Hall–Kier alpha value is -3.02. The van der Waals surface area contributed by atoms with E-state index in [1.807, 2.05) is 36.4 Å². The van der Waals surface area contributed by atoms with Gasteiger partial charge < -0.3 is 19.3 Å². The highest BCUT2D eigenvalue weighted by Gasteiger charge is 2.41. The van der Waals surface area contributed by atoms with Crippen LogP contribution in [-0.2, 0) is 11.3 Å². The van der Waals surface area contributed by atoms with Crippen molar-refractivity contribution in [2.75, 3.05) is 25.7 Å². The average molecular weight is 366 g/mol. The molecule has 0 radical (unpaired) electrons. The number of carbonyl (C=O) groups is 2. The van der Waals surface area contributed by atoms with E-state index < -0.39 is 0 Å². The van der Waals surface area contributed by atoms with E-state index in [1.165, 1.54) is 0 Å². The molecule has 0 unspecified atom stereocenters. The normalized spacial score (nSPS) is 18.8. The number of hydrogen-bond donors (Lipinski definition) is 0. The third-order valence-electron chi connectivity index (χ3n) is 5.28. The van der Waals surface area contributed by atoms with Gasteiger partial charge in [0, 0.05) is 6.54 Å². The van der Waals surface area contributed by atoms with Crippen LogP contribution in [0.2, 0.25) is 0 Å². The fraction of sp³-hybridized carbons (Fsp3) is 0.333. The summed E-state index contributed by atoms with van der Waals surface area (Å²) in [6.07, 6.45) is 1.56. The molecule has 2 aromatic carbocycles. The van der Waals surface area contributed by atoms with Gasteiger partial charge in [-0.15, -0.1) is 0 Å². The van der Waals surface area contributed by atoms with E-state index in [-0.39, 0.29) is 17.9 Å². The molecule has 2 aliphatic heterocycles. The van der Waals surface area contributed by atoms with Gasteiger partial charge in [0.15, 0.2) is 11.5 Å². The molecule has 1 fully saturated rings. The van der Waals surface area contributed by atoms with Crippen molar-refractivity contribution in [2.24, 2.45) is 0 Å². The van der Waals surface area contributed by atoms with E-state index in [0.29, 0.717) is 42.3 Å². The van der Waals surface area contributed by atoms with Crippen molar-refractivity contribution in [1.29, 1.82) is 0 Å². The third kappa shape index (κ3) is 2.91. The molecule has 2 aromatic rings. The highest BCUT2D eigenvalue weighted by Crippen LogP contribution is 2.34. The highest BCUT2D eigenvalue weighted by atomic mass is 16.5. The van der Waals surface area contributed by atoms with Gasteiger partial charge in [-0.05, 0) is 42.7 Å². The summed E-state index contributed by atoms with van der Waals surface area (Å²) in [7, 11) is 3.18. The number of benzene rings is 2. The Labute approximate surface area is 158 Å². The number of nitrogens with zero attached hydrogens (tertiary/aromatic N) is 2. The number of ether oxygens (including phenoxy) is 2. The second-order valence-corrected chi connectivity index (χ2v) is 6.79. The summed E-state index contributed by atoms with van der Waals surface area (Å²) in [4.78, 5) is 29.7. The largest absolute Gasteiger partial charge is 0.493 e. The maximum absolute atomic E-state index is 13.3. The third-order valence-corrected chi connectivity index (χ3v) is 5.28. The van der Waals surface area contributed by atoms with Crippen molar-refractivity contribution in [3.63, 3.8) is 0 Å². The van der Waals surface area contributed by atoms with E-state index in [9.17, 15) is 9.59 Å². The summed E-state index contributed by atoms with van der Waals surface area (Å²) in [6.45, 7) is 1.00. The van der Waals surface area contributed by atoms with E-state index in [0.717, 1.165) is 12.0 Å². The van der Waals surface area contributed by atoms with Crippen LogP contribution < -0.4 is 14.4 Å². The minimum absolute atomic E-state index is 0.0272. The van der Waals surface area contributed by atoms with Gasteiger partial charge in [-0.3, -0.25) is 9.59 Å². The number of anilines is 1. The lowest BCUT2D eigenvalue weighted by atomic mass is 10.1. The molecule has 0 bridgehead atoms. The number of carbonyl (C=O) groups excluding carboxylic acids is 2. The molecule has 2 amide bonds. The molecule has 2 heterocycles. The lowest BCUT2D eigenvalue weighted by Gasteiger charge is -2.26. The minimum Gasteiger partial charge on any atom is -0.493 e. The molecule has 0 aromatic heterocycles. The van der Waals surface area contributed by atoms with Crippen LogP contribution in [0.3, 0.4) is 0 Å². The van der Waals surface area contributed by atoms with Crippen LogP contribution in [-0.4, -0.2) is 43.5 Å². The van der Waals surface area contributed by atoms with Crippen molar-refractivity contribution in [3.8, 4) is 11.5 Å². The van der Waals surface area contributed by atoms with Crippen LogP contribution in [0.1, 0.15) is 28.8 Å². The number of para-hydroxylation sites is 1. The molecule has 4 rings (SSSR count). The topological polar surface area (TPSA) is 59.1 Å². The summed E-state index contributed by atoms with van der Waals surface area (Å²) in [6, 6.07) is 12.6. The quantitative estimate of drug-likeness (QED) is 0.835. The molecule has 1 atom stereocenters. The zero-order chi connectivity index (χ0) is 19.0. The summed E-state index contributed by atoms with van der Waals surface area (Å²) < 4.78 is 10.7. The van der Waals surface area contributed by atoms with Gasteiger partial charge in [-0.1, -0.05) is 18.2 Å². The molecular weight excluding hydrogens is 344 g/mol. The second kappa shape index (κ2) is 6.95. The van der Waals surface area contributed by atoms with Crippen LogP contribution in [0, 0.1) is 0 Å². The van der Waals surface area contributed by atoms with Gasteiger partial charge in [0.05, 0.1) is 32.0 Å². The van der Waals surface area contributed by atoms with Crippen LogP contribution >= 0.6 is 0 Å². The Morgan fingerprint density at radius 1 is 1.04 bits per heavy atom. The smallest absolute Gasteiger partial charge is 0.256 e. The molecule has 0 spiro atoms. The van der Waals surface area contributed by atoms with Crippen molar-refractivity contribution in [3.05, 3.63) is 53.6 Å². The van der Waals surface area contributed by atoms with Gasteiger partial charge >= 0.3 is 0 Å². The number of rotatable bonds is 4. The Kier molecular flexibility index (Phi) is 4.48. The van der Waals surface area contributed by atoms with Gasteiger partial charge in [-0.25, -0.2) is 0 Å². The molecular formula is C21H22N2O4. The summed E-state index contributed by atoms with van der Waals surface area (Å²) >= 11 is 0. The highest BCUT2D eigenvalue weighted by molar-refractivity contribution is 6.11. The van der Waals surface area contributed by atoms with Crippen molar-refractivity contribution < 1.29 is 19.1 Å². The molecule has 6 heteroatoms. The van der Waals surface area contributed by atoms with E-state index in [1.54, 1.807) is 30.1 Å². The number of amides is 2. The van der Waals surface area contributed by atoms with Crippen LogP contribution in [0.4, 0.5) is 5.69 Å². The van der Waals surface area contributed by atoms with Crippen molar-refractivity contribution >= 4 is 17.5 Å². The van der Waals surface area contributed by atoms with Crippen molar-refractivity contribution in [1.82, 2.24) is 4.90 Å². The van der Waals surface area contributed by atoms with E-state index >= 15 is 0 Å². The fourth-order valence-electron chi connectivity index (χ4n) is 3.93. The van der Waals surface area contributed by atoms with Gasteiger partial charge in [0.2, 0.25) is 5.91 Å². The minimum atomic E-state index is -0.384. The molecule has 1 saturated heterocycles. The fourth-order valence-corrected chi connectivity index (χ4v) is 3.93. The second-order valence-electron chi connectivity index (χ2n) is 6.79. The first kappa shape index (κ1) is 17.4. The monoisotopic (exact) mass is 366 g/mol.